The molecule has 0 amide bonds. The highest BCUT2D eigenvalue weighted by molar-refractivity contribution is 7.86. The molecule has 0 saturated carbocycles. The Morgan fingerprint density at radius 1 is 0.844 bits per heavy atom. The van der Waals surface area contributed by atoms with Crippen molar-refractivity contribution in [2.75, 3.05) is 51.5 Å². The van der Waals surface area contributed by atoms with Gasteiger partial charge in [-0.25, -0.2) is 4.79 Å². The average Bonchev–Trinajstić information content (AvgIpc) is 2.81. The molecule has 0 heterocycles. The normalized spacial score (nSPS) is 11.3. The minimum Gasteiger partial charge on any atom is -0.460 e. The average molecular weight is 466 g/mol. The van der Waals surface area contributed by atoms with E-state index in [1.54, 1.807) is 30.3 Å². The predicted octanol–water partition coefficient (Wildman–Crippen LogP) is 3.49. The number of carbonyl (C=O) groups excluding carboxylic acids is 1. The second-order valence-electron chi connectivity index (χ2n) is 6.81. The number of anilines is 1. The van der Waals surface area contributed by atoms with Gasteiger partial charge in [0.1, 0.15) is 6.61 Å². The fraction of sp³-hybridized carbons (Fsp3) is 0.435. The highest BCUT2D eigenvalue weighted by Gasteiger charge is 2.13. The molecule has 0 unspecified atom stereocenters. The van der Waals surface area contributed by atoms with Gasteiger partial charge in [0.15, 0.2) is 0 Å². The largest absolute Gasteiger partial charge is 0.460 e. The third-order valence-corrected chi connectivity index (χ3v) is 5.64. The van der Waals surface area contributed by atoms with Crippen LogP contribution in [-0.2, 0) is 28.5 Å². The van der Waals surface area contributed by atoms with Crippen LogP contribution in [0.4, 0.5) is 5.69 Å². The molecule has 0 bridgehead atoms. The van der Waals surface area contributed by atoms with Gasteiger partial charge >= 0.3 is 5.97 Å². The Morgan fingerprint density at radius 3 is 2.12 bits per heavy atom. The Labute approximate surface area is 190 Å². The first-order valence-corrected chi connectivity index (χ1v) is 12.0. The van der Waals surface area contributed by atoms with Crippen molar-refractivity contribution in [2.24, 2.45) is 0 Å². The van der Waals surface area contributed by atoms with E-state index in [1.165, 1.54) is 12.1 Å². The summed E-state index contributed by atoms with van der Waals surface area (Å²) in [7, 11) is -3.77. The van der Waals surface area contributed by atoms with Crippen LogP contribution in [0.15, 0.2) is 59.5 Å². The van der Waals surface area contributed by atoms with Gasteiger partial charge in [-0.1, -0.05) is 31.5 Å². The molecule has 0 aliphatic heterocycles. The van der Waals surface area contributed by atoms with E-state index in [-0.39, 0.29) is 37.9 Å². The van der Waals surface area contributed by atoms with E-state index in [1.807, 2.05) is 12.1 Å². The van der Waals surface area contributed by atoms with Crippen LogP contribution in [0.5, 0.6) is 0 Å². The molecule has 2 aromatic rings. The summed E-state index contributed by atoms with van der Waals surface area (Å²) in [5.41, 5.74) is 1.46. The SMILES string of the molecule is CCCCNc1ccc(C(=O)OCCOCCOCCOS(=O)(=O)c2ccccc2)cc1. The third-order valence-electron chi connectivity index (χ3n) is 4.31. The number of esters is 1. The van der Waals surface area contributed by atoms with Crippen LogP contribution in [-0.4, -0.2) is 60.6 Å². The number of benzene rings is 2. The maximum atomic E-state index is 12.0. The first kappa shape index (κ1) is 25.8. The molecule has 0 spiro atoms. The maximum absolute atomic E-state index is 12.0. The molecule has 9 heteroatoms. The van der Waals surface area contributed by atoms with Crippen molar-refractivity contribution in [3.05, 3.63) is 60.2 Å². The standard InChI is InChI=1S/C23H31NO7S/c1-2-3-13-24-21-11-9-20(10-12-21)23(25)30-18-16-28-14-15-29-17-19-31-32(26,27)22-7-5-4-6-8-22/h4-12,24H,2-3,13-19H2,1H3. The molecule has 2 aromatic carbocycles. The third kappa shape index (κ3) is 9.78. The lowest BCUT2D eigenvalue weighted by atomic mass is 10.2. The van der Waals surface area contributed by atoms with Crippen LogP contribution >= 0.6 is 0 Å². The van der Waals surface area contributed by atoms with E-state index in [9.17, 15) is 13.2 Å². The Bertz CT molecular complexity index is 886. The zero-order chi connectivity index (χ0) is 23.1. The first-order valence-electron chi connectivity index (χ1n) is 10.6. The Hall–Kier alpha value is -2.46. The van der Waals surface area contributed by atoms with Crippen LogP contribution in [0.2, 0.25) is 0 Å². The summed E-state index contributed by atoms with van der Waals surface area (Å²) in [6, 6.07) is 15.1. The summed E-state index contributed by atoms with van der Waals surface area (Å²) in [6.45, 7) is 4.01. The molecule has 0 aliphatic carbocycles. The molecule has 32 heavy (non-hydrogen) atoms. The smallest absolute Gasteiger partial charge is 0.338 e. The van der Waals surface area contributed by atoms with Gasteiger partial charge in [-0.2, -0.15) is 8.42 Å². The van der Waals surface area contributed by atoms with Crippen molar-refractivity contribution in [2.45, 2.75) is 24.7 Å². The van der Waals surface area contributed by atoms with E-state index < -0.39 is 16.1 Å². The lowest BCUT2D eigenvalue weighted by molar-refractivity contribution is 0.0108. The number of unbranched alkanes of at least 4 members (excludes halogenated alkanes) is 1. The van der Waals surface area contributed by atoms with Crippen molar-refractivity contribution in [3.8, 4) is 0 Å². The van der Waals surface area contributed by atoms with Gasteiger partial charge in [-0.05, 0) is 42.8 Å². The number of carbonyl (C=O) groups is 1. The Balaban J connectivity index is 1.48. The zero-order valence-corrected chi connectivity index (χ0v) is 19.1. The van der Waals surface area contributed by atoms with Crippen LogP contribution < -0.4 is 5.32 Å². The van der Waals surface area contributed by atoms with Crippen molar-refractivity contribution >= 4 is 21.8 Å². The monoisotopic (exact) mass is 465 g/mol. The number of hydrogen-bond donors (Lipinski definition) is 1. The number of hydrogen-bond acceptors (Lipinski definition) is 8. The van der Waals surface area contributed by atoms with E-state index in [2.05, 4.69) is 12.2 Å². The minimum absolute atomic E-state index is 0.0816. The van der Waals surface area contributed by atoms with Gasteiger partial charge in [0.05, 0.1) is 43.5 Å². The summed E-state index contributed by atoms with van der Waals surface area (Å²) in [6.07, 6.45) is 2.22. The number of nitrogens with one attached hydrogen (secondary N) is 1. The number of rotatable bonds is 16. The zero-order valence-electron chi connectivity index (χ0n) is 18.3. The lowest BCUT2D eigenvalue weighted by Gasteiger charge is -2.09. The first-order chi connectivity index (χ1) is 15.5. The van der Waals surface area contributed by atoms with Gasteiger partial charge in [0.2, 0.25) is 0 Å². The molecule has 0 radical (unpaired) electrons. The second-order valence-corrected chi connectivity index (χ2v) is 8.42. The maximum Gasteiger partial charge on any atom is 0.338 e. The Morgan fingerprint density at radius 2 is 1.47 bits per heavy atom. The summed E-state index contributed by atoms with van der Waals surface area (Å²) in [5, 5.41) is 3.29. The summed E-state index contributed by atoms with van der Waals surface area (Å²) in [5.74, 6) is -0.401. The van der Waals surface area contributed by atoms with Crippen LogP contribution in [0.3, 0.4) is 0 Å². The quantitative estimate of drug-likeness (QED) is 0.228. The van der Waals surface area contributed by atoms with Gasteiger partial charge in [-0.3, -0.25) is 4.18 Å². The topological polar surface area (TPSA) is 100 Å². The highest BCUT2D eigenvalue weighted by atomic mass is 32.2. The predicted molar refractivity (Wildman–Crippen MR) is 121 cm³/mol. The molecule has 2 rings (SSSR count). The van der Waals surface area contributed by atoms with Gasteiger partial charge in [0, 0.05) is 12.2 Å². The summed E-state index contributed by atoms with van der Waals surface area (Å²) in [4.78, 5) is 12.1. The van der Waals surface area contributed by atoms with E-state index in [4.69, 9.17) is 18.4 Å². The van der Waals surface area contributed by atoms with Crippen LogP contribution in [0, 0.1) is 0 Å². The molecule has 0 aliphatic rings. The van der Waals surface area contributed by atoms with Crippen molar-refractivity contribution in [1.82, 2.24) is 0 Å². The molecule has 0 atom stereocenters. The second kappa shape index (κ2) is 14.6. The van der Waals surface area contributed by atoms with Crippen molar-refractivity contribution in [1.29, 1.82) is 0 Å². The molecule has 0 saturated heterocycles. The van der Waals surface area contributed by atoms with Crippen LogP contribution in [0.1, 0.15) is 30.1 Å². The molecule has 0 aromatic heterocycles. The van der Waals surface area contributed by atoms with Gasteiger partial charge in [0.25, 0.3) is 10.1 Å². The number of ether oxygens (including phenoxy) is 3. The molecule has 176 valence electrons. The summed E-state index contributed by atoms with van der Waals surface area (Å²) < 4.78 is 44.5. The van der Waals surface area contributed by atoms with E-state index in [0.717, 1.165) is 25.1 Å². The summed E-state index contributed by atoms with van der Waals surface area (Å²) >= 11 is 0. The molecule has 8 nitrogen and oxygen atoms in total. The van der Waals surface area contributed by atoms with Crippen molar-refractivity contribution in [3.63, 3.8) is 0 Å². The van der Waals surface area contributed by atoms with Crippen LogP contribution in [0.25, 0.3) is 0 Å². The fourth-order valence-corrected chi connectivity index (χ4v) is 3.50. The minimum atomic E-state index is -3.77. The molecule has 1 N–H and O–H groups in total. The van der Waals surface area contributed by atoms with Gasteiger partial charge in [-0.15, -0.1) is 0 Å². The van der Waals surface area contributed by atoms with E-state index in [0.29, 0.717) is 12.2 Å². The molecule has 0 fully saturated rings. The molecular formula is C23H31NO7S. The van der Waals surface area contributed by atoms with E-state index >= 15 is 0 Å². The Kier molecular flexibility index (Phi) is 11.7. The molecular weight excluding hydrogens is 434 g/mol. The fourth-order valence-electron chi connectivity index (χ4n) is 2.59. The van der Waals surface area contributed by atoms with Gasteiger partial charge < -0.3 is 19.5 Å². The highest BCUT2D eigenvalue weighted by Crippen LogP contribution is 2.11. The lowest BCUT2D eigenvalue weighted by Crippen LogP contribution is -2.15. The van der Waals surface area contributed by atoms with Crippen molar-refractivity contribution < 1.29 is 31.6 Å².